The molecule has 0 saturated carbocycles. The van der Waals surface area contributed by atoms with Crippen molar-refractivity contribution in [1.29, 1.82) is 0 Å². The Hall–Kier alpha value is -5.43. The van der Waals surface area contributed by atoms with Gasteiger partial charge >= 0.3 is 23.9 Å². The van der Waals surface area contributed by atoms with Gasteiger partial charge in [-0.15, -0.1) is 0 Å². The number of hydrogen-bond donors (Lipinski definition) is 9. The van der Waals surface area contributed by atoms with Gasteiger partial charge in [0, 0.05) is 82.3 Å². The minimum absolute atomic E-state index is 0.0119. The first-order valence-electron chi connectivity index (χ1n) is 27.9. The number of aliphatic hydroxyl groups excluding tert-OH is 1. The molecular formula is C54H92N4O20. The van der Waals surface area contributed by atoms with Crippen LogP contribution in [0.3, 0.4) is 0 Å². The normalized spacial score (nSPS) is 12.6. The van der Waals surface area contributed by atoms with E-state index in [1.54, 1.807) is 0 Å². The predicted molar refractivity (Wildman–Crippen MR) is 283 cm³/mol. The topological polar surface area (TPSA) is 374 Å². The van der Waals surface area contributed by atoms with E-state index in [1.807, 2.05) is 6.92 Å². The highest BCUT2D eigenvalue weighted by Crippen LogP contribution is 2.22. The first-order valence-corrected chi connectivity index (χ1v) is 27.9. The third kappa shape index (κ3) is 43.5. The van der Waals surface area contributed by atoms with Gasteiger partial charge in [-0.3, -0.25) is 52.7 Å². The molecule has 4 atom stereocenters. The summed E-state index contributed by atoms with van der Waals surface area (Å²) in [6, 6.07) is -1.01. The molecule has 4 amide bonds. The molecule has 0 unspecified atom stereocenters. The first kappa shape index (κ1) is 72.6. The average Bonchev–Trinajstić information content (AvgIpc) is 3.39. The average molecular weight is 1120 g/mol. The van der Waals surface area contributed by atoms with Gasteiger partial charge < -0.3 is 65.7 Å². The Bertz CT molecular complexity index is 1770. The minimum atomic E-state index is -1.19. The third-order valence-corrected chi connectivity index (χ3v) is 12.7. The number of hydrogen-bond acceptors (Lipinski definition) is 16. The number of rotatable bonds is 56. The summed E-state index contributed by atoms with van der Waals surface area (Å²) in [7, 11) is 0. The van der Waals surface area contributed by atoms with Crippen molar-refractivity contribution < 1.29 is 97.2 Å². The first-order chi connectivity index (χ1) is 37.4. The molecule has 78 heavy (non-hydrogen) atoms. The smallest absolute Gasteiger partial charge is 0.303 e. The van der Waals surface area contributed by atoms with Crippen LogP contribution in [0.25, 0.3) is 0 Å². The molecule has 0 bridgehead atoms. The van der Waals surface area contributed by atoms with Crippen molar-refractivity contribution in [3.05, 3.63) is 0 Å². The van der Waals surface area contributed by atoms with Crippen molar-refractivity contribution in [2.75, 3.05) is 79.1 Å². The zero-order valence-electron chi connectivity index (χ0n) is 46.0. The van der Waals surface area contributed by atoms with E-state index in [9.17, 15) is 63.0 Å². The van der Waals surface area contributed by atoms with Gasteiger partial charge in [0.05, 0.1) is 39.6 Å². The summed E-state index contributed by atoms with van der Waals surface area (Å²) in [4.78, 5) is 133. The Morgan fingerprint density at radius 1 is 0.397 bits per heavy atom. The molecule has 0 heterocycles. The molecule has 0 radical (unpaired) electrons. The van der Waals surface area contributed by atoms with E-state index in [1.165, 1.54) is 0 Å². The van der Waals surface area contributed by atoms with Crippen molar-refractivity contribution >= 4 is 64.9 Å². The second-order valence-electron chi connectivity index (χ2n) is 19.3. The maximum absolute atomic E-state index is 13.4. The lowest BCUT2D eigenvalue weighted by atomic mass is 9.85. The second kappa shape index (κ2) is 48.7. The number of unbranched alkanes of at least 4 members (excludes halogenated alkanes) is 12. The number of ketones is 3. The maximum Gasteiger partial charge on any atom is 0.303 e. The Morgan fingerprint density at radius 3 is 1.41 bits per heavy atom. The van der Waals surface area contributed by atoms with Crippen LogP contribution in [-0.2, 0) is 71.7 Å². The summed E-state index contributed by atoms with van der Waals surface area (Å²) in [5.74, 6) is -9.68. The molecule has 0 aromatic heterocycles. The molecule has 448 valence electrons. The number of amides is 4. The fraction of sp³-hybridized carbons (Fsp3) is 0.796. The number of aliphatic carboxylic acids is 4. The molecule has 0 saturated heterocycles. The quantitative estimate of drug-likeness (QED) is 0.0389. The van der Waals surface area contributed by atoms with Crippen LogP contribution in [0.1, 0.15) is 174 Å². The lowest BCUT2D eigenvalue weighted by Crippen LogP contribution is -2.47. The van der Waals surface area contributed by atoms with E-state index in [4.69, 9.17) is 34.3 Å². The van der Waals surface area contributed by atoms with Crippen molar-refractivity contribution in [2.24, 2.45) is 17.8 Å². The fourth-order valence-corrected chi connectivity index (χ4v) is 8.24. The number of aliphatic hydroxyl groups is 1. The third-order valence-electron chi connectivity index (χ3n) is 12.7. The van der Waals surface area contributed by atoms with Gasteiger partial charge in [-0.2, -0.15) is 0 Å². The zero-order chi connectivity index (χ0) is 58.2. The van der Waals surface area contributed by atoms with Crippen LogP contribution in [0.15, 0.2) is 0 Å². The molecular weight excluding hydrogens is 1020 g/mol. The molecule has 0 aliphatic rings. The summed E-state index contributed by atoms with van der Waals surface area (Å²) in [6.07, 6.45) is 12.4. The Morgan fingerprint density at radius 2 is 0.872 bits per heavy atom. The van der Waals surface area contributed by atoms with E-state index >= 15 is 0 Å². The highest BCUT2D eigenvalue weighted by Gasteiger charge is 2.29. The number of carbonyl (C=O) groups is 11. The number of carboxylic acid groups (broad SMARTS) is 4. The van der Waals surface area contributed by atoms with Crippen molar-refractivity contribution in [2.45, 2.75) is 180 Å². The van der Waals surface area contributed by atoms with Gasteiger partial charge in [0.1, 0.15) is 31.6 Å². The largest absolute Gasteiger partial charge is 0.481 e. The summed E-state index contributed by atoms with van der Waals surface area (Å²) in [5, 5.41) is 56.0. The molecule has 0 fully saturated rings. The molecule has 0 aromatic carbocycles. The number of nitrogens with one attached hydrogen (secondary N) is 4. The number of carbonyl (C=O) groups excluding carboxylic acids is 7. The lowest BCUT2D eigenvalue weighted by Gasteiger charge is -2.20. The van der Waals surface area contributed by atoms with E-state index in [0.29, 0.717) is 32.1 Å². The number of ether oxygens (including phenoxy) is 4. The van der Waals surface area contributed by atoms with Gasteiger partial charge in [-0.05, 0) is 51.4 Å². The molecule has 0 spiro atoms. The van der Waals surface area contributed by atoms with Crippen LogP contribution in [0.2, 0.25) is 0 Å². The number of Topliss-reactive ketones (excluding diaryl/α,β-unsaturated/α-hetero) is 3. The van der Waals surface area contributed by atoms with Gasteiger partial charge in [0.15, 0.2) is 11.6 Å². The van der Waals surface area contributed by atoms with E-state index in [-0.39, 0.29) is 128 Å². The van der Waals surface area contributed by atoms with Crippen molar-refractivity contribution in [3.63, 3.8) is 0 Å². The van der Waals surface area contributed by atoms with E-state index < -0.39 is 104 Å². The fourth-order valence-electron chi connectivity index (χ4n) is 8.24. The Balaban J connectivity index is 4.37. The summed E-state index contributed by atoms with van der Waals surface area (Å²) < 4.78 is 21.5. The predicted octanol–water partition coefficient (Wildman–Crippen LogP) is 3.94. The van der Waals surface area contributed by atoms with Gasteiger partial charge in [0.2, 0.25) is 23.6 Å². The minimum Gasteiger partial charge on any atom is -0.481 e. The van der Waals surface area contributed by atoms with Crippen LogP contribution in [0, 0.1) is 17.8 Å². The van der Waals surface area contributed by atoms with Crippen LogP contribution in [0.5, 0.6) is 0 Å². The molecule has 0 aromatic rings. The molecule has 0 rings (SSSR count). The molecule has 24 heteroatoms. The monoisotopic (exact) mass is 1120 g/mol. The summed E-state index contributed by atoms with van der Waals surface area (Å²) in [5.41, 5.74) is 0. The number of carboxylic acids is 4. The SMILES string of the molecule is CC[C@@H](CCCCNC(=O)[C@H](CCC(=O)O)CC(=O)[C@H](CCC(=O)O)CC(=O)COCCOCCNC(=O)COCCOCCNC(=O)[C@H](CCC(=O)O)NC(=O)CCCCCCCCCCCCCCC(=O)O)C(=O)CO. The standard InChI is InChI=1S/C54H92N4O20/c1-2-40(46(62)37-59)17-15-16-26-56-53(73)42(21-24-51(69)70)36-45(61)41(20-23-50(67)68)35-43(60)38-77-33-31-75-29-27-55-48(64)39-78-34-32-76-30-28-57-54(74)44(22-25-52(71)72)58-47(63)18-13-11-9-7-5-3-4-6-8-10-12-14-19-49(65)66/h40-42,44,59H,2-39H2,1H3,(H,55,64)(H,56,73)(H,57,74)(H,58,63)(H,65,66)(H,67,68)(H,69,70)(H,71,72)/t40-,41+,42+,44-/m0/s1. The van der Waals surface area contributed by atoms with E-state index in [2.05, 4.69) is 21.3 Å². The highest BCUT2D eigenvalue weighted by molar-refractivity contribution is 5.92. The Kier molecular flexibility index (Phi) is 45.3. The second-order valence-corrected chi connectivity index (χ2v) is 19.3. The molecule has 0 aliphatic carbocycles. The van der Waals surface area contributed by atoms with E-state index in [0.717, 1.165) is 70.6 Å². The molecule has 0 aliphatic heterocycles. The van der Waals surface area contributed by atoms with Crippen molar-refractivity contribution in [3.8, 4) is 0 Å². The van der Waals surface area contributed by atoms with Gasteiger partial charge in [0.25, 0.3) is 0 Å². The lowest BCUT2D eigenvalue weighted by molar-refractivity contribution is -0.140. The highest BCUT2D eigenvalue weighted by atomic mass is 16.5. The van der Waals surface area contributed by atoms with Crippen LogP contribution in [-0.4, -0.2) is 176 Å². The molecule has 9 N–H and O–H groups in total. The summed E-state index contributed by atoms with van der Waals surface area (Å²) in [6.45, 7) is 1.50. The van der Waals surface area contributed by atoms with Gasteiger partial charge in [-0.1, -0.05) is 77.6 Å². The maximum atomic E-state index is 13.4. The Labute approximate surface area is 458 Å². The summed E-state index contributed by atoms with van der Waals surface area (Å²) >= 11 is 0. The van der Waals surface area contributed by atoms with Crippen LogP contribution >= 0.6 is 0 Å². The van der Waals surface area contributed by atoms with Crippen LogP contribution in [0.4, 0.5) is 0 Å². The zero-order valence-corrected chi connectivity index (χ0v) is 46.0. The van der Waals surface area contributed by atoms with Gasteiger partial charge in [-0.25, -0.2) is 0 Å². The van der Waals surface area contributed by atoms with Crippen molar-refractivity contribution in [1.82, 2.24) is 21.3 Å². The van der Waals surface area contributed by atoms with Crippen LogP contribution < -0.4 is 21.3 Å². The molecule has 24 nitrogen and oxygen atoms in total.